The van der Waals surface area contributed by atoms with E-state index in [1.807, 2.05) is 0 Å². The van der Waals surface area contributed by atoms with Crippen LogP contribution in [0, 0.1) is 0 Å². The highest BCUT2D eigenvalue weighted by molar-refractivity contribution is 9.11. The van der Waals surface area contributed by atoms with E-state index in [0.29, 0.717) is 0 Å². The van der Waals surface area contributed by atoms with Crippen LogP contribution in [0.1, 0.15) is 0 Å². The van der Waals surface area contributed by atoms with Crippen molar-refractivity contribution >= 4 is 38.6 Å². The third kappa shape index (κ3) is 2.92. The Kier molecular flexibility index (Phi) is 4.17. The van der Waals surface area contributed by atoms with Crippen LogP contribution < -0.4 is 0 Å². The molecule has 3 heteroatoms. The van der Waals surface area contributed by atoms with Crippen molar-refractivity contribution in [3.05, 3.63) is 82.0 Å². The Labute approximate surface area is 152 Å². The molecule has 0 atom stereocenters. The summed E-state index contributed by atoms with van der Waals surface area (Å²) in [6.07, 6.45) is 0. The Balaban J connectivity index is 1.81. The smallest absolute Gasteiger partial charge is 0.0783 e. The molecule has 0 aliphatic heterocycles. The fourth-order valence-corrected chi connectivity index (χ4v) is 5.46. The van der Waals surface area contributed by atoms with Crippen LogP contribution in [-0.2, 0) is 0 Å². The van der Waals surface area contributed by atoms with Crippen molar-refractivity contribution < 1.29 is 0 Å². The molecule has 112 valence electrons. The molecule has 4 rings (SSSR count). The van der Waals surface area contributed by atoms with Crippen molar-refractivity contribution in [2.45, 2.75) is 0 Å². The van der Waals surface area contributed by atoms with Gasteiger partial charge in [0.15, 0.2) is 0 Å². The zero-order valence-electron chi connectivity index (χ0n) is 12.2. The molecule has 0 bridgehead atoms. The molecule has 0 aliphatic rings. The number of rotatable bonds is 3. The topological polar surface area (TPSA) is 0 Å². The lowest BCUT2D eigenvalue weighted by Crippen LogP contribution is -1.76. The van der Waals surface area contributed by atoms with Gasteiger partial charge in [0, 0.05) is 16.0 Å². The molecule has 0 aliphatic carbocycles. The minimum Gasteiger partial charge on any atom is -0.142 e. The van der Waals surface area contributed by atoms with Gasteiger partial charge >= 0.3 is 0 Å². The fraction of sp³-hybridized carbons (Fsp3) is 0. The van der Waals surface area contributed by atoms with Gasteiger partial charge in [-0.05, 0) is 44.6 Å². The van der Waals surface area contributed by atoms with E-state index in [4.69, 9.17) is 0 Å². The van der Waals surface area contributed by atoms with E-state index in [1.165, 1.54) is 35.8 Å². The molecule has 0 unspecified atom stereocenters. The van der Waals surface area contributed by atoms with Gasteiger partial charge in [0.1, 0.15) is 0 Å². The molecule has 2 aromatic carbocycles. The first-order valence-electron chi connectivity index (χ1n) is 7.31. The summed E-state index contributed by atoms with van der Waals surface area (Å²) in [5, 5.41) is 2.17. The normalized spacial score (nSPS) is 10.8. The number of benzene rings is 2. The van der Waals surface area contributed by atoms with Gasteiger partial charge in [-0.25, -0.2) is 0 Å². The van der Waals surface area contributed by atoms with E-state index in [-0.39, 0.29) is 0 Å². The van der Waals surface area contributed by atoms with Crippen molar-refractivity contribution in [3.63, 3.8) is 0 Å². The number of halogens is 1. The minimum absolute atomic E-state index is 1.19. The zero-order chi connectivity index (χ0) is 15.6. The molecule has 0 fully saturated rings. The molecule has 0 amide bonds. The highest BCUT2D eigenvalue weighted by Gasteiger charge is 2.15. The van der Waals surface area contributed by atoms with Crippen LogP contribution in [0.2, 0.25) is 0 Å². The summed E-state index contributed by atoms with van der Waals surface area (Å²) >= 11 is 7.35. The maximum Gasteiger partial charge on any atom is 0.0783 e. The molecule has 0 saturated heterocycles. The van der Waals surface area contributed by atoms with Gasteiger partial charge in [0.25, 0.3) is 0 Å². The van der Waals surface area contributed by atoms with Gasteiger partial charge < -0.3 is 0 Å². The van der Waals surface area contributed by atoms with Gasteiger partial charge in [0.05, 0.1) is 8.66 Å². The van der Waals surface area contributed by atoms with Gasteiger partial charge in [-0.3, -0.25) is 0 Å². The second-order valence-electron chi connectivity index (χ2n) is 5.19. The minimum atomic E-state index is 1.19. The van der Waals surface area contributed by atoms with Crippen molar-refractivity contribution in [2.24, 2.45) is 0 Å². The van der Waals surface area contributed by atoms with Crippen LogP contribution in [0.5, 0.6) is 0 Å². The first-order chi connectivity index (χ1) is 11.3. The third-order valence-corrected chi connectivity index (χ3v) is 6.68. The van der Waals surface area contributed by atoms with E-state index in [2.05, 4.69) is 94.1 Å². The largest absolute Gasteiger partial charge is 0.142 e. The Morgan fingerprint density at radius 2 is 1.30 bits per heavy atom. The monoisotopic (exact) mass is 396 g/mol. The second kappa shape index (κ2) is 6.44. The highest BCUT2D eigenvalue weighted by atomic mass is 79.9. The van der Waals surface area contributed by atoms with Crippen molar-refractivity contribution in [1.82, 2.24) is 0 Å². The lowest BCUT2D eigenvalue weighted by Gasteiger charge is -2.01. The van der Waals surface area contributed by atoms with E-state index in [9.17, 15) is 0 Å². The second-order valence-corrected chi connectivity index (χ2v) is 8.48. The molecule has 0 spiro atoms. The maximum absolute atomic E-state index is 3.74. The van der Waals surface area contributed by atoms with Crippen molar-refractivity contribution in [1.29, 1.82) is 0 Å². The average Bonchev–Trinajstić information content (AvgIpc) is 3.23. The quantitative estimate of drug-likeness (QED) is 0.334. The van der Waals surface area contributed by atoms with Gasteiger partial charge in [-0.1, -0.05) is 60.7 Å². The molecule has 0 saturated carbocycles. The molecule has 2 aromatic heterocycles. The van der Waals surface area contributed by atoms with Crippen LogP contribution >= 0.6 is 38.6 Å². The molecule has 23 heavy (non-hydrogen) atoms. The molecule has 2 heterocycles. The van der Waals surface area contributed by atoms with Crippen molar-refractivity contribution in [3.8, 4) is 32.0 Å². The van der Waals surface area contributed by atoms with Crippen LogP contribution in [0.4, 0.5) is 0 Å². The van der Waals surface area contributed by atoms with E-state index < -0.39 is 0 Å². The number of hydrogen-bond acceptors (Lipinski definition) is 2. The van der Waals surface area contributed by atoms with Crippen LogP contribution in [0.3, 0.4) is 0 Å². The summed E-state index contributed by atoms with van der Waals surface area (Å²) in [6, 6.07) is 25.6. The van der Waals surface area contributed by atoms with Crippen molar-refractivity contribution in [2.75, 3.05) is 0 Å². The average molecular weight is 397 g/mol. The first-order valence-corrected chi connectivity index (χ1v) is 9.80. The molecule has 0 radical (unpaired) electrons. The fourth-order valence-electron chi connectivity index (χ4n) is 2.64. The van der Waals surface area contributed by atoms with Gasteiger partial charge in [-0.2, -0.15) is 0 Å². The van der Waals surface area contributed by atoms with E-state index >= 15 is 0 Å². The maximum atomic E-state index is 3.74. The Bertz CT molecular complexity index is 921. The lowest BCUT2D eigenvalue weighted by atomic mass is 10.1. The van der Waals surface area contributed by atoms with E-state index in [1.54, 1.807) is 22.7 Å². The highest BCUT2D eigenvalue weighted by Crippen LogP contribution is 2.45. The van der Waals surface area contributed by atoms with Gasteiger partial charge in [-0.15, -0.1) is 22.7 Å². The number of hydrogen-bond donors (Lipinski definition) is 0. The first kappa shape index (κ1) is 14.9. The predicted molar refractivity (Wildman–Crippen MR) is 106 cm³/mol. The molecular weight excluding hydrogens is 384 g/mol. The molecule has 0 N–H and O–H groups in total. The summed E-state index contributed by atoms with van der Waals surface area (Å²) in [5.74, 6) is 0. The van der Waals surface area contributed by atoms with Crippen LogP contribution in [0.25, 0.3) is 32.0 Å². The summed E-state index contributed by atoms with van der Waals surface area (Å²) < 4.78 is 1.19. The Morgan fingerprint density at radius 3 is 1.96 bits per heavy atom. The summed E-state index contributed by atoms with van der Waals surface area (Å²) in [6.45, 7) is 0. The zero-order valence-corrected chi connectivity index (χ0v) is 15.4. The molecular formula is C20H13BrS2. The predicted octanol–water partition coefficient (Wildman–Crippen LogP) is 7.57. The Hall–Kier alpha value is -1.68. The lowest BCUT2D eigenvalue weighted by molar-refractivity contribution is 1.66. The third-order valence-electron chi connectivity index (χ3n) is 3.75. The van der Waals surface area contributed by atoms with E-state index in [0.717, 1.165) is 0 Å². The number of thiophene rings is 2. The molecule has 0 nitrogen and oxygen atoms in total. The molecule has 4 aromatic rings. The summed E-state index contributed by atoms with van der Waals surface area (Å²) in [7, 11) is 0. The van der Waals surface area contributed by atoms with Crippen LogP contribution in [0.15, 0.2) is 82.0 Å². The summed E-state index contributed by atoms with van der Waals surface area (Å²) in [4.78, 5) is 2.65. The SMILES string of the molecule is Brc1sc(-c2sccc2-c2ccccc2)cc1-c1ccccc1. The van der Waals surface area contributed by atoms with Gasteiger partial charge in [0.2, 0.25) is 0 Å². The van der Waals surface area contributed by atoms with Crippen LogP contribution in [-0.4, -0.2) is 0 Å². The Morgan fingerprint density at radius 1 is 0.696 bits per heavy atom. The summed E-state index contributed by atoms with van der Waals surface area (Å²) in [5.41, 5.74) is 5.09. The standard InChI is InChI=1S/C20H13BrS2/c21-20-17(15-9-5-2-6-10-15)13-18(23-20)19-16(11-12-22-19)14-7-3-1-4-8-14/h1-13H.